The number of aromatic nitrogens is 2. The van der Waals surface area contributed by atoms with Crippen molar-refractivity contribution in [3.8, 4) is 5.69 Å². The van der Waals surface area contributed by atoms with E-state index in [1.54, 1.807) is 17.1 Å². The van der Waals surface area contributed by atoms with Crippen molar-refractivity contribution >= 4 is 15.9 Å². The van der Waals surface area contributed by atoms with Gasteiger partial charge in [0.15, 0.2) is 0 Å². The van der Waals surface area contributed by atoms with Crippen LogP contribution in [-0.4, -0.2) is 22.6 Å². The fourth-order valence-electron chi connectivity index (χ4n) is 2.67. The first-order chi connectivity index (χ1) is 9.51. The van der Waals surface area contributed by atoms with Crippen molar-refractivity contribution in [2.75, 3.05) is 13.1 Å². The lowest BCUT2D eigenvalue weighted by atomic mass is 9.86. The van der Waals surface area contributed by atoms with Gasteiger partial charge in [-0.15, -0.1) is 0 Å². The van der Waals surface area contributed by atoms with E-state index in [1.165, 1.54) is 6.07 Å². The topological polar surface area (TPSA) is 29.9 Å². The number of rotatable bonds is 2. The van der Waals surface area contributed by atoms with Crippen LogP contribution in [-0.2, 0) is 5.41 Å². The maximum Gasteiger partial charge on any atom is 0.150 e. The zero-order valence-electron chi connectivity index (χ0n) is 11.0. The van der Waals surface area contributed by atoms with Crippen LogP contribution in [0.25, 0.3) is 5.69 Å². The molecule has 0 radical (unpaired) electrons. The van der Waals surface area contributed by atoms with Gasteiger partial charge in [-0.3, -0.25) is 4.57 Å². The van der Waals surface area contributed by atoms with E-state index in [4.69, 9.17) is 0 Å². The largest absolute Gasteiger partial charge is 0.316 e. The molecular formula is C14H14BrF2N3. The minimum absolute atomic E-state index is 0.0935. The smallest absolute Gasteiger partial charge is 0.150 e. The molecule has 0 spiro atoms. The van der Waals surface area contributed by atoms with Crippen LogP contribution in [0.4, 0.5) is 8.78 Å². The van der Waals surface area contributed by atoms with Crippen LogP contribution in [0.3, 0.4) is 0 Å². The number of halogens is 3. The monoisotopic (exact) mass is 341 g/mol. The molecule has 2 aromatic rings. The van der Waals surface area contributed by atoms with Crippen molar-refractivity contribution < 1.29 is 8.78 Å². The Balaban J connectivity index is 2.13. The molecule has 0 amide bonds. The number of imidazole rings is 1. The van der Waals surface area contributed by atoms with Crippen molar-refractivity contribution in [2.45, 2.75) is 18.8 Å². The summed E-state index contributed by atoms with van der Waals surface area (Å²) in [4.78, 5) is 4.14. The standard InChI is InChI=1S/C14H14BrF2N3/c1-14(2-3-18-7-14)13-6-19-8-20(13)12-4-9(15)10(16)5-11(12)17/h4-6,8,18H,2-3,7H2,1H3. The minimum atomic E-state index is -0.610. The molecule has 1 fully saturated rings. The van der Waals surface area contributed by atoms with Gasteiger partial charge in [0, 0.05) is 29.9 Å². The van der Waals surface area contributed by atoms with Gasteiger partial charge in [-0.1, -0.05) is 6.92 Å². The molecule has 0 saturated carbocycles. The molecule has 3 nitrogen and oxygen atoms in total. The van der Waals surface area contributed by atoms with E-state index >= 15 is 0 Å². The van der Waals surface area contributed by atoms with Gasteiger partial charge in [0.2, 0.25) is 0 Å². The molecule has 1 aliphatic heterocycles. The lowest BCUT2D eigenvalue weighted by Crippen LogP contribution is -2.27. The Bertz CT molecular complexity index is 648. The molecule has 1 aromatic carbocycles. The maximum atomic E-state index is 14.1. The Morgan fingerprint density at radius 2 is 2.15 bits per heavy atom. The van der Waals surface area contributed by atoms with Crippen molar-refractivity contribution in [2.24, 2.45) is 0 Å². The minimum Gasteiger partial charge on any atom is -0.316 e. The van der Waals surface area contributed by atoms with E-state index in [2.05, 4.69) is 33.2 Å². The Morgan fingerprint density at radius 1 is 1.35 bits per heavy atom. The second kappa shape index (κ2) is 4.93. The van der Waals surface area contributed by atoms with Gasteiger partial charge in [-0.05, 0) is 35.0 Å². The molecule has 3 rings (SSSR count). The van der Waals surface area contributed by atoms with E-state index in [0.29, 0.717) is 5.69 Å². The zero-order valence-corrected chi connectivity index (χ0v) is 12.5. The first-order valence-electron chi connectivity index (χ1n) is 6.40. The van der Waals surface area contributed by atoms with Crippen LogP contribution in [0, 0.1) is 11.6 Å². The van der Waals surface area contributed by atoms with Crippen LogP contribution in [0.5, 0.6) is 0 Å². The second-order valence-corrected chi connectivity index (χ2v) is 6.21. The molecule has 6 heteroatoms. The molecular weight excluding hydrogens is 328 g/mol. The highest BCUT2D eigenvalue weighted by molar-refractivity contribution is 9.10. The van der Waals surface area contributed by atoms with Crippen molar-refractivity contribution in [1.29, 1.82) is 0 Å². The predicted molar refractivity (Wildman–Crippen MR) is 76.0 cm³/mol. The fourth-order valence-corrected chi connectivity index (χ4v) is 3.00. The van der Waals surface area contributed by atoms with Gasteiger partial charge >= 0.3 is 0 Å². The molecule has 1 aromatic heterocycles. The Labute approximate surface area is 124 Å². The number of nitrogens with one attached hydrogen (secondary N) is 1. The molecule has 106 valence electrons. The molecule has 1 atom stereocenters. The normalized spacial score (nSPS) is 22.4. The molecule has 0 bridgehead atoms. The highest BCUT2D eigenvalue weighted by Gasteiger charge is 2.34. The van der Waals surface area contributed by atoms with E-state index < -0.39 is 11.6 Å². The summed E-state index contributed by atoms with van der Waals surface area (Å²) in [6.45, 7) is 3.87. The average molecular weight is 342 g/mol. The summed E-state index contributed by atoms with van der Waals surface area (Å²) in [7, 11) is 0. The number of hydrogen-bond donors (Lipinski definition) is 1. The highest BCUT2D eigenvalue weighted by atomic mass is 79.9. The fraction of sp³-hybridized carbons (Fsp3) is 0.357. The lowest BCUT2D eigenvalue weighted by Gasteiger charge is -2.24. The SMILES string of the molecule is CC1(c2cncn2-c2cc(Br)c(F)cc2F)CCNC1. The lowest BCUT2D eigenvalue weighted by molar-refractivity contribution is 0.494. The van der Waals surface area contributed by atoms with Gasteiger partial charge in [0.1, 0.15) is 11.6 Å². The van der Waals surface area contributed by atoms with Gasteiger partial charge in [0.25, 0.3) is 0 Å². The van der Waals surface area contributed by atoms with E-state index in [9.17, 15) is 8.78 Å². The van der Waals surface area contributed by atoms with E-state index in [0.717, 1.165) is 31.3 Å². The van der Waals surface area contributed by atoms with Gasteiger partial charge in [-0.25, -0.2) is 13.8 Å². The van der Waals surface area contributed by atoms with E-state index in [-0.39, 0.29) is 9.89 Å². The van der Waals surface area contributed by atoms with Crippen molar-refractivity contribution in [1.82, 2.24) is 14.9 Å². The molecule has 2 heterocycles. The molecule has 1 N–H and O–H groups in total. The van der Waals surface area contributed by atoms with Crippen molar-refractivity contribution in [3.05, 3.63) is 46.5 Å². The second-order valence-electron chi connectivity index (χ2n) is 5.35. The quantitative estimate of drug-likeness (QED) is 0.850. The molecule has 0 aliphatic carbocycles. The Kier molecular flexibility index (Phi) is 3.38. The third-order valence-corrected chi connectivity index (χ3v) is 4.48. The maximum absolute atomic E-state index is 14.1. The summed E-state index contributed by atoms with van der Waals surface area (Å²) >= 11 is 3.10. The highest BCUT2D eigenvalue weighted by Crippen LogP contribution is 2.33. The molecule has 20 heavy (non-hydrogen) atoms. The summed E-state index contributed by atoms with van der Waals surface area (Å²) in [5.74, 6) is -1.21. The van der Waals surface area contributed by atoms with Crippen LogP contribution < -0.4 is 5.32 Å². The summed E-state index contributed by atoms with van der Waals surface area (Å²) in [6, 6.07) is 2.33. The Morgan fingerprint density at radius 3 is 2.85 bits per heavy atom. The third kappa shape index (κ3) is 2.16. The number of hydrogen-bond acceptors (Lipinski definition) is 2. The average Bonchev–Trinajstić information content (AvgIpc) is 3.03. The van der Waals surface area contributed by atoms with Crippen LogP contribution in [0.15, 0.2) is 29.1 Å². The number of benzene rings is 1. The summed E-state index contributed by atoms with van der Waals surface area (Å²) < 4.78 is 29.4. The van der Waals surface area contributed by atoms with Crippen LogP contribution in [0.1, 0.15) is 19.0 Å². The molecule has 1 unspecified atom stereocenters. The zero-order chi connectivity index (χ0) is 14.3. The molecule has 1 saturated heterocycles. The summed E-state index contributed by atoms with van der Waals surface area (Å²) in [5.41, 5.74) is 1.14. The first kappa shape index (κ1) is 13.7. The predicted octanol–water partition coefficient (Wildman–Crippen LogP) is 3.16. The van der Waals surface area contributed by atoms with Crippen LogP contribution >= 0.6 is 15.9 Å². The third-order valence-electron chi connectivity index (χ3n) is 3.87. The van der Waals surface area contributed by atoms with Gasteiger partial charge < -0.3 is 5.32 Å². The molecule has 1 aliphatic rings. The first-order valence-corrected chi connectivity index (χ1v) is 7.19. The number of nitrogens with zero attached hydrogens (tertiary/aromatic N) is 2. The van der Waals surface area contributed by atoms with Crippen molar-refractivity contribution in [3.63, 3.8) is 0 Å². The van der Waals surface area contributed by atoms with Gasteiger partial charge in [-0.2, -0.15) is 0 Å². The van der Waals surface area contributed by atoms with E-state index in [1.807, 2.05) is 0 Å². The Hall–Kier alpha value is -1.27. The summed E-state index contributed by atoms with van der Waals surface area (Å²) in [6.07, 6.45) is 4.29. The van der Waals surface area contributed by atoms with Crippen LogP contribution in [0.2, 0.25) is 0 Å². The summed E-state index contributed by atoms with van der Waals surface area (Å²) in [5, 5.41) is 3.31. The van der Waals surface area contributed by atoms with Gasteiger partial charge in [0.05, 0.1) is 16.5 Å².